The van der Waals surface area contributed by atoms with Crippen LogP contribution in [0.15, 0.2) is 72.8 Å². The Bertz CT molecular complexity index is 1260. The largest absolute Gasteiger partial charge is 0.481 e. The Morgan fingerprint density at radius 3 is 2.30 bits per heavy atom. The van der Waals surface area contributed by atoms with Gasteiger partial charge in [-0.1, -0.05) is 30.3 Å². The number of rotatable bonds is 8. The highest BCUT2D eigenvalue weighted by Gasteiger charge is 2.24. The fourth-order valence-corrected chi connectivity index (χ4v) is 4.06. The molecule has 0 radical (unpaired) electrons. The number of amides is 2. The lowest BCUT2D eigenvalue weighted by Crippen LogP contribution is -2.49. The Morgan fingerprint density at radius 1 is 0.892 bits per heavy atom. The number of ether oxygens (including phenoxy) is 2. The van der Waals surface area contributed by atoms with Gasteiger partial charge < -0.3 is 24.6 Å². The molecule has 192 valence electrons. The van der Waals surface area contributed by atoms with Crippen LogP contribution in [-0.2, 0) is 9.53 Å². The van der Waals surface area contributed by atoms with Crippen molar-refractivity contribution >= 4 is 29.2 Å². The molecule has 37 heavy (non-hydrogen) atoms. The zero-order chi connectivity index (χ0) is 26.2. The van der Waals surface area contributed by atoms with Crippen LogP contribution in [0.1, 0.15) is 27.6 Å². The Hall–Kier alpha value is -4.40. The van der Waals surface area contributed by atoms with Gasteiger partial charge in [-0.3, -0.25) is 9.59 Å². The standard InChI is InChI=1S/C28H28FN3O5/c1-2-36-28(35)21-12-13-24(23(18-21)30-26(33)19-37-25-11-7-6-10-22(25)29)31-14-16-32(17-15-31)27(34)20-8-4-3-5-9-20/h3-13,18H,2,14-17,19H2,1H3,(H,30,33). The molecule has 9 heteroatoms. The van der Waals surface area contributed by atoms with Crippen LogP contribution in [0.2, 0.25) is 0 Å². The highest BCUT2D eigenvalue weighted by atomic mass is 19.1. The Balaban J connectivity index is 1.47. The van der Waals surface area contributed by atoms with Gasteiger partial charge in [0.25, 0.3) is 11.8 Å². The van der Waals surface area contributed by atoms with Gasteiger partial charge in [0.1, 0.15) is 0 Å². The quantitative estimate of drug-likeness (QED) is 0.466. The Kier molecular flexibility index (Phi) is 8.35. The van der Waals surface area contributed by atoms with Gasteiger partial charge in [-0.15, -0.1) is 0 Å². The first-order valence-corrected chi connectivity index (χ1v) is 12.0. The van der Waals surface area contributed by atoms with Gasteiger partial charge in [0.2, 0.25) is 0 Å². The molecule has 0 atom stereocenters. The van der Waals surface area contributed by atoms with Gasteiger partial charge in [-0.05, 0) is 49.4 Å². The second-order valence-electron chi connectivity index (χ2n) is 8.36. The van der Waals surface area contributed by atoms with Gasteiger partial charge in [0.05, 0.1) is 23.5 Å². The molecule has 1 saturated heterocycles. The summed E-state index contributed by atoms with van der Waals surface area (Å²) in [6, 6.07) is 19.9. The molecule has 1 fully saturated rings. The van der Waals surface area contributed by atoms with E-state index in [9.17, 15) is 18.8 Å². The molecule has 0 saturated carbocycles. The number of benzene rings is 3. The summed E-state index contributed by atoms with van der Waals surface area (Å²) in [6.07, 6.45) is 0. The maximum absolute atomic E-state index is 13.8. The molecule has 3 aromatic carbocycles. The highest BCUT2D eigenvalue weighted by Crippen LogP contribution is 2.29. The summed E-state index contributed by atoms with van der Waals surface area (Å²) in [5.41, 5.74) is 2.01. The van der Waals surface area contributed by atoms with Crippen molar-refractivity contribution in [3.63, 3.8) is 0 Å². The van der Waals surface area contributed by atoms with Crippen molar-refractivity contribution in [2.45, 2.75) is 6.92 Å². The zero-order valence-electron chi connectivity index (χ0n) is 20.5. The second kappa shape index (κ2) is 12.0. The molecule has 3 aromatic rings. The summed E-state index contributed by atoms with van der Waals surface area (Å²) >= 11 is 0. The number of carbonyl (C=O) groups excluding carboxylic acids is 3. The molecule has 1 aliphatic rings. The van der Waals surface area contributed by atoms with Gasteiger partial charge in [0.15, 0.2) is 18.2 Å². The number of hydrogen-bond acceptors (Lipinski definition) is 6. The fourth-order valence-electron chi connectivity index (χ4n) is 4.06. The van der Waals surface area contributed by atoms with Gasteiger partial charge in [-0.2, -0.15) is 0 Å². The van der Waals surface area contributed by atoms with Crippen LogP contribution in [0.25, 0.3) is 0 Å². The molecule has 0 spiro atoms. The molecule has 0 bridgehead atoms. The lowest BCUT2D eigenvalue weighted by Gasteiger charge is -2.37. The summed E-state index contributed by atoms with van der Waals surface area (Å²) < 4.78 is 24.3. The van der Waals surface area contributed by atoms with Gasteiger partial charge >= 0.3 is 5.97 Å². The third-order valence-electron chi connectivity index (χ3n) is 5.91. The maximum Gasteiger partial charge on any atom is 0.338 e. The Labute approximate surface area is 214 Å². The van der Waals surface area contributed by atoms with Crippen LogP contribution in [0.5, 0.6) is 5.75 Å². The minimum Gasteiger partial charge on any atom is -0.481 e. The van der Waals surface area contributed by atoms with E-state index in [4.69, 9.17) is 9.47 Å². The van der Waals surface area contributed by atoms with E-state index < -0.39 is 24.3 Å². The maximum atomic E-state index is 13.8. The number of piperazine rings is 1. The lowest BCUT2D eigenvalue weighted by atomic mass is 10.1. The van der Waals surface area contributed by atoms with Crippen molar-refractivity contribution in [2.24, 2.45) is 0 Å². The number of hydrogen-bond donors (Lipinski definition) is 1. The van der Waals surface area contributed by atoms with Crippen molar-refractivity contribution in [1.29, 1.82) is 0 Å². The van der Waals surface area contributed by atoms with Crippen LogP contribution in [0.3, 0.4) is 0 Å². The normalized spacial score (nSPS) is 13.1. The molecule has 4 rings (SSSR count). The van der Waals surface area contributed by atoms with Crippen molar-refractivity contribution in [3.05, 3.63) is 89.7 Å². The second-order valence-corrected chi connectivity index (χ2v) is 8.36. The predicted molar refractivity (Wildman–Crippen MR) is 137 cm³/mol. The van der Waals surface area contributed by atoms with Crippen LogP contribution in [-0.4, -0.2) is 62.1 Å². The summed E-state index contributed by atoms with van der Waals surface area (Å²) in [5, 5.41) is 2.78. The van der Waals surface area contributed by atoms with E-state index in [1.807, 2.05) is 23.1 Å². The molecule has 2 amide bonds. The van der Waals surface area contributed by atoms with E-state index in [1.54, 1.807) is 48.2 Å². The van der Waals surface area contributed by atoms with Crippen molar-refractivity contribution in [1.82, 2.24) is 4.90 Å². The molecule has 1 aliphatic heterocycles. The summed E-state index contributed by atoms with van der Waals surface area (Å²) in [4.78, 5) is 41.6. The first-order valence-electron chi connectivity index (χ1n) is 12.0. The van der Waals surface area contributed by atoms with Crippen molar-refractivity contribution in [2.75, 3.05) is 49.6 Å². The van der Waals surface area contributed by atoms with Gasteiger partial charge in [-0.25, -0.2) is 9.18 Å². The number of para-hydroxylation sites is 1. The lowest BCUT2D eigenvalue weighted by molar-refractivity contribution is -0.118. The molecule has 8 nitrogen and oxygen atoms in total. The minimum absolute atomic E-state index is 0.0302. The number of anilines is 2. The van der Waals surface area contributed by atoms with E-state index >= 15 is 0 Å². The SMILES string of the molecule is CCOC(=O)c1ccc(N2CCN(C(=O)c3ccccc3)CC2)c(NC(=O)COc2ccccc2F)c1. The molecule has 0 unspecified atom stereocenters. The van der Waals surface area contributed by atoms with Crippen LogP contribution in [0.4, 0.5) is 15.8 Å². The third-order valence-corrected chi connectivity index (χ3v) is 5.91. The van der Waals surface area contributed by atoms with E-state index in [0.29, 0.717) is 43.1 Å². The van der Waals surface area contributed by atoms with Crippen LogP contribution >= 0.6 is 0 Å². The first-order chi connectivity index (χ1) is 18.0. The molecule has 1 N–H and O–H groups in total. The smallest absolute Gasteiger partial charge is 0.338 e. The zero-order valence-corrected chi connectivity index (χ0v) is 20.5. The number of nitrogens with one attached hydrogen (secondary N) is 1. The molecular weight excluding hydrogens is 477 g/mol. The Morgan fingerprint density at radius 2 is 1.59 bits per heavy atom. The molecule has 1 heterocycles. The monoisotopic (exact) mass is 505 g/mol. The van der Waals surface area contributed by atoms with Crippen LogP contribution < -0.4 is 15.0 Å². The average Bonchev–Trinajstić information content (AvgIpc) is 2.93. The van der Waals surface area contributed by atoms with E-state index in [0.717, 1.165) is 0 Å². The number of carbonyl (C=O) groups is 3. The summed E-state index contributed by atoms with van der Waals surface area (Å²) in [7, 11) is 0. The van der Waals surface area contributed by atoms with Crippen molar-refractivity contribution in [3.8, 4) is 5.75 Å². The predicted octanol–water partition coefficient (Wildman–Crippen LogP) is 3.98. The summed E-state index contributed by atoms with van der Waals surface area (Å²) in [5.74, 6) is -1.65. The van der Waals surface area contributed by atoms with E-state index in [2.05, 4.69) is 5.32 Å². The molecule has 0 aromatic heterocycles. The minimum atomic E-state index is -0.566. The highest BCUT2D eigenvalue weighted by molar-refractivity contribution is 5.99. The summed E-state index contributed by atoms with van der Waals surface area (Å²) in [6.45, 7) is 3.58. The number of esters is 1. The van der Waals surface area contributed by atoms with Gasteiger partial charge in [0, 0.05) is 31.7 Å². The molecular formula is C28H28FN3O5. The first kappa shape index (κ1) is 25.7. The topological polar surface area (TPSA) is 88.2 Å². The van der Waals surface area contributed by atoms with E-state index in [-0.39, 0.29) is 23.8 Å². The fraction of sp³-hybridized carbons (Fsp3) is 0.250. The molecule has 0 aliphatic carbocycles. The number of halogens is 1. The number of nitrogens with zero attached hydrogens (tertiary/aromatic N) is 2. The average molecular weight is 506 g/mol. The third kappa shape index (κ3) is 6.43. The van der Waals surface area contributed by atoms with E-state index in [1.165, 1.54) is 18.2 Å². The van der Waals surface area contributed by atoms with Crippen molar-refractivity contribution < 1.29 is 28.2 Å². The van der Waals surface area contributed by atoms with Crippen LogP contribution in [0, 0.1) is 5.82 Å².